The molecule has 2 N–H and O–H groups in total. The largest absolute Gasteiger partial charge is 0.450 e. The second-order valence-corrected chi connectivity index (χ2v) is 7.73. The summed E-state index contributed by atoms with van der Waals surface area (Å²) >= 11 is 6.40. The Morgan fingerprint density at radius 1 is 1.33 bits per heavy atom. The molecule has 0 aliphatic carbocycles. The van der Waals surface area contributed by atoms with Crippen LogP contribution in [0.3, 0.4) is 0 Å². The van der Waals surface area contributed by atoms with Gasteiger partial charge in [-0.25, -0.2) is 13.1 Å². The molecule has 21 heavy (non-hydrogen) atoms. The second-order valence-electron chi connectivity index (χ2n) is 4.41. The number of aliphatic hydroxyl groups is 1. The fourth-order valence-corrected chi connectivity index (χ4v) is 4.45. The number of halogens is 2. The molecule has 1 heterocycles. The Labute approximate surface area is 139 Å². The molecule has 114 valence electrons. The smallest absolute Gasteiger partial charge is 0.245 e. The first-order chi connectivity index (χ1) is 9.83. The van der Waals surface area contributed by atoms with Crippen molar-refractivity contribution >= 4 is 41.9 Å². The number of furan rings is 1. The van der Waals surface area contributed by atoms with Gasteiger partial charge in [-0.15, -0.1) is 0 Å². The Hall–Kier alpha value is -0.670. The van der Waals surface area contributed by atoms with Crippen LogP contribution < -0.4 is 4.72 Å². The van der Waals surface area contributed by atoms with Gasteiger partial charge in [0.05, 0.1) is 0 Å². The number of sulfonamides is 1. The van der Waals surface area contributed by atoms with E-state index in [0.717, 1.165) is 10.0 Å². The molecule has 8 heteroatoms. The number of rotatable bonds is 5. The van der Waals surface area contributed by atoms with Gasteiger partial charge in [0.25, 0.3) is 0 Å². The van der Waals surface area contributed by atoms with E-state index in [1.165, 1.54) is 6.07 Å². The van der Waals surface area contributed by atoms with E-state index >= 15 is 0 Å². The Morgan fingerprint density at radius 3 is 2.62 bits per heavy atom. The van der Waals surface area contributed by atoms with Gasteiger partial charge in [-0.3, -0.25) is 0 Å². The van der Waals surface area contributed by atoms with E-state index in [1.807, 2.05) is 24.3 Å². The highest BCUT2D eigenvalue weighted by Gasteiger charge is 2.24. The van der Waals surface area contributed by atoms with Crippen molar-refractivity contribution in [3.05, 3.63) is 50.8 Å². The Kier molecular flexibility index (Phi) is 5.26. The van der Waals surface area contributed by atoms with E-state index < -0.39 is 16.1 Å². The topological polar surface area (TPSA) is 79.5 Å². The van der Waals surface area contributed by atoms with Gasteiger partial charge in [0.15, 0.2) is 4.67 Å². The minimum Gasteiger partial charge on any atom is -0.450 e. The molecule has 2 rings (SSSR count). The highest BCUT2D eigenvalue weighted by Crippen LogP contribution is 2.28. The minimum atomic E-state index is -3.76. The molecule has 1 unspecified atom stereocenters. The first kappa shape index (κ1) is 16.7. The van der Waals surface area contributed by atoms with Crippen LogP contribution in [0.2, 0.25) is 0 Å². The van der Waals surface area contributed by atoms with E-state index in [4.69, 9.17) is 9.52 Å². The molecule has 5 nitrogen and oxygen atoms in total. The van der Waals surface area contributed by atoms with Gasteiger partial charge in [0.2, 0.25) is 10.0 Å². The van der Waals surface area contributed by atoms with Gasteiger partial charge in [-0.2, -0.15) is 0 Å². The SMILES string of the molecule is CC(NS(=O)(=O)c1cc(CO)oc1Br)c1cccc(Br)c1. The summed E-state index contributed by atoms with van der Waals surface area (Å²) in [6.07, 6.45) is 0. The molecule has 1 aromatic carbocycles. The van der Waals surface area contributed by atoms with Crippen molar-refractivity contribution in [1.29, 1.82) is 0 Å². The number of hydrogen-bond acceptors (Lipinski definition) is 4. The lowest BCUT2D eigenvalue weighted by Gasteiger charge is -2.14. The maximum absolute atomic E-state index is 12.4. The molecule has 0 saturated carbocycles. The average molecular weight is 439 g/mol. The summed E-state index contributed by atoms with van der Waals surface area (Å²) in [6, 6.07) is 8.26. The quantitative estimate of drug-likeness (QED) is 0.750. The zero-order valence-electron chi connectivity index (χ0n) is 11.0. The standard InChI is InChI=1S/C13H13Br2NO4S/c1-8(9-3-2-4-10(14)5-9)16-21(18,19)12-6-11(7-17)20-13(12)15/h2-6,8,16-17H,7H2,1H3. The van der Waals surface area contributed by atoms with Crippen molar-refractivity contribution in [2.75, 3.05) is 0 Å². The van der Waals surface area contributed by atoms with Crippen molar-refractivity contribution in [3.63, 3.8) is 0 Å². The van der Waals surface area contributed by atoms with Gasteiger partial charge in [0, 0.05) is 16.6 Å². The molecule has 0 radical (unpaired) electrons. The summed E-state index contributed by atoms with van der Waals surface area (Å²) in [5.74, 6) is 0.178. The van der Waals surface area contributed by atoms with Crippen molar-refractivity contribution in [1.82, 2.24) is 4.72 Å². The Balaban J connectivity index is 2.26. The lowest BCUT2D eigenvalue weighted by Crippen LogP contribution is -2.26. The molecule has 1 atom stereocenters. The monoisotopic (exact) mass is 437 g/mol. The molecule has 2 aromatic rings. The lowest BCUT2D eigenvalue weighted by atomic mass is 10.1. The fourth-order valence-electron chi connectivity index (χ4n) is 1.80. The lowest BCUT2D eigenvalue weighted by molar-refractivity contribution is 0.245. The number of nitrogens with one attached hydrogen (secondary N) is 1. The van der Waals surface area contributed by atoms with Gasteiger partial charge >= 0.3 is 0 Å². The zero-order chi connectivity index (χ0) is 15.6. The fraction of sp³-hybridized carbons (Fsp3) is 0.231. The maximum Gasteiger partial charge on any atom is 0.245 e. The third-order valence-electron chi connectivity index (χ3n) is 2.83. The normalized spacial score (nSPS) is 13.3. The summed E-state index contributed by atoms with van der Waals surface area (Å²) in [5, 5.41) is 9.00. The van der Waals surface area contributed by atoms with Crippen molar-refractivity contribution < 1.29 is 17.9 Å². The summed E-state index contributed by atoms with van der Waals surface area (Å²) in [6.45, 7) is 1.38. The summed E-state index contributed by atoms with van der Waals surface area (Å²) in [4.78, 5) is -0.0339. The Bertz CT molecular complexity index is 742. The van der Waals surface area contributed by atoms with E-state index in [2.05, 4.69) is 36.6 Å². The predicted octanol–water partition coefficient (Wildman–Crippen LogP) is 3.34. The number of hydrogen-bond donors (Lipinski definition) is 2. The highest BCUT2D eigenvalue weighted by molar-refractivity contribution is 9.10. The predicted molar refractivity (Wildman–Crippen MR) is 85.2 cm³/mol. The van der Waals surface area contributed by atoms with E-state index in [-0.39, 0.29) is 21.9 Å². The van der Waals surface area contributed by atoms with Crippen molar-refractivity contribution in [3.8, 4) is 0 Å². The molecule has 0 saturated heterocycles. The molecule has 0 amide bonds. The average Bonchev–Trinajstić information content (AvgIpc) is 2.80. The van der Waals surface area contributed by atoms with Gasteiger partial charge in [0.1, 0.15) is 17.3 Å². The first-order valence-corrected chi connectivity index (χ1v) is 9.07. The van der Waals surface area contributed by atoms with Gasteiger partial charge < -0.3 is 9.52 Å². The highest BCUT2D eigenvalue weighted by atomic mass is 79.9. The summed E-state index contributed by atoms with van der Waals surface area (Å²) in [5.41, 5.74) is 0.829. The number of benzene rings is 1. The molecule has 0 fully saturated rings. The van der Waals surface area contributed by atoms with Crippen LogP contribution in [0.4, 0.5) is 0 Å². The molecule has 0 aliphatic rings. The van der Waals surface area contributed by atoms with Crippen LogP contribution in [0.1, 0.15) is 24.3 Å². The second kappa shape index (κ2) is 6.62. The van der Waals surface area contributed by atoms with Crippen LogP contribution >= 0.6 is 31.9 Å². The zero-order valence-corrected chi connectivity index (χ0v) is 15.0. The van der Waals surface area contributed by atoms with Crippen molar-refractivity contribution in [2.24, 2.45) is 0 Å². The van der Waals surface area contributed by atoms with Crippen molar-refractivity contribution in [2.45, 2.75) is 24.5 Å². The molecular weight excluding hydrogens is 426 g/mol. The van der Waals surface area contributed by atoms with E-state index in [1.54, 1.807) is 6.92 Å². The summed E-state index contributed by atoms with van der Waals surface area (Å²) in [7, 11) is -3.76. The van der Waals surface area contributed by atoms with Crippen LogP contribution in [-0.4, -0.2) is 13.5 Å². The van der Waals surface area contributed by atoms with Crippen LogP contribution in [0.5, 0.6) is 0 Å². The maximum atomic E-state index is 12.4. The van der Waals surface area contributed by atoms with Gasteiger partial charge in [-0.1, -0.05) is 28.1 Å². The van der Waals surface area contributed by atoms with Crippen LogP contribution in [0.15, 0.2) is 48.8 Å². The molecule has 1 aromatic heterocycles. The molecular formula is C13H13Br2NO4S. The van der Waals surface area contributed by atoms with E-state index in [0.29, 0.717) is 0 Å². The third kappa shape index (κ3) is 3.95. The van der Waals surface area contributed by atoms with Crippen LogP contribution in [0, 0.1) is 0 Å². The van der Waals surface area contributed by atoms with Crippen LogP contribution in [-0.2, 0) is 16.6 Å². The third-order valence-corrected chi connectivity index (χ3v) is 5.72. The molecule has 0 spiro atoms. The van der Waals surface area contributed by atoms with Crippen LogP contribution in [0.25, 0.3) is 0 Å². The minimum absolute atomic E-state index is 0.0339. The molecule has 0 bridgehead atoms. The summed E-state index contributed by atoms with van der Waals surface area (Å²) < 4.78 is 33.3. The first-order valence-electron chi connectivity index (χ1n) is 6.00. The van der Waals surface area contributed by atoms with Gasteiger partial charge in [-0.05, 0) is 40.5 Å². The Morgan fingerprint density at radius 2 is 2.05 bits per heavy atom. The molecule has 0 aliphatic heterocycles. The van der Waals surface area contributed by atoms with E-state index in [9.17, 15) is 8.42 Å². The number of aliphatic hydroxyl groups excluding tert-OH is 1.